The van der Waals surface area contributed by atoms with Crippen LogP contribution in [0.15, 0.2) is 18.2 Å². The Morgan fingerprint density at radius 3 is 1.34 bits per heavy atom. The van der Waals surface area contributed by atoms with Crippen LogP contribution in [-0.4, -0.2) is 19.8 Å². The fourth-order valence-corrected chi connectivity index (χ4v) is 4.65. The molecule has 1 rings (SSSR count). The van der Waals surface area contributed by atoms with Crippen molar-refractivity contribution in [2.45, 2.75) is 149 Å². The second kappa shape index (κ2) is 24.5. The van der Waals surface area contributed by atoms with Crippen LogP contribution in [0.1, 0.15) is 148 Å². The summed E-state index contributed by atoms with van der Waals surface area (Å²) in [5, 5.41) is 0. The lowest BCUT2D eigenvalue weighted by Gasteiger charge is -2.14. The molecule has 2 N–H and O–H groups in total. The van der Waals surface area contributed by atoms with Gasteiger partial charge in [0.1, 0.15) is 0 Å². The van der Waals surface area contributed by atoms with Gasteiger partial charge >= 0.3 is 0 Å². The molecule has 0 radical (unpaired) electrons. The Morgan fingerprint density at radius 2 is 0.914 bits per heavy atom. The molecule has 0 unspecified atom stereocenters. The normalized spacial score (nSPS) is 11.2. The van der Waals surface area contributed by atoms with Gasteiger partial charge < -0.3 is 15.2 Å². The third-order valence-electron chi connectivity index (χ3n) is 6.95. The maximum Gasteiger partial charge on any atom is 0.161 e. The number of nitrogens with two attached hydrogens (primary N) is 1. The molecular formula is C32H59NO2. The highest BCUT2D eigenvalue weighted by atomic mass is 16.5. The van der Waals surface area contributed by atoms with Crippen LogP contribution in [0.5, 0.6) is 11.5 Å². The molecule has 0 heterocycles. The van der Waals surface area contributed by atoms with Crippen LogP contribution in [0.2, 0.25) is 0 Å². The van der Waals surface area contributed by atoms with E-state index < -0.39 is 0 Å². The third kappa shape index (κ3) is 18.7. The number of hydrogen-bond donors (Lipinski definition) is 1. The van der Waals surface area contributed by atoms with Crippen LogP contribution >= 0.6 is 0 Å². The van der Waals surface area contributed by atoms with Gasteiger partial charge in [0.05, 0.1) is 13.2 Å². The second-order valence-electron chi connectivity index (χ2n) is 10.4. The Labute approximate surface area is 218 Å². The van der Waals surface area contributed by atoms with Crippen molar-refractivity contribution in [2.75, 3.05) is 19.8 Å². The molecule has 0 bridgehead atoms. The Balaban J connectivity index is 2.19. The molecule has 0 aromatic heterocycles. The van der Waals surface area contributed by atoms with E-state index >= 15 is 0 Å². The van der Waals surface area contributed by atoms with Crippen molar-refractivity contribution in [3.63, 3.8) is 0 Å². The summed E-state index contributed by atoms with van der Waals surface area (Å²) in [5.41, 5.74) is 7.00. The molecule has 0 saturated heterocycles. The zero-order valence-corrected chi connectivity index (χ0v) is 23.6. The standard InChI is InChI=1S/C32H59NO2/c1-3-5-7-9-11-13-15-17-19-21-27-34-31-24-23-30(25-26-33)29-32(31)35-28-22-20-18-16-14-12-10-8-6-4-2/h23-24,29H,3-22,25-28,33H2,1-2H3. The molecule has 204 valence electrons. The fourth-order valence-electron chi connectivity index (χ4n) is 4.65. The van der Waals surface area contributed by atoms with Crippen LogP contribution in [0.4, 0.5) is 0 Å². The summed E-state index contributed by atoms with van der Waals surface area (Å²) in [6.45, 7) is 6.78. The first-order chi connectivity index (χ1) is 17.3. The third-order valence-corrected chi connectivity index (χ3v) is 6.95. The first-order valence-corrected chi connectivity index (χ1v) is 15.4. The van der Waals surface area contributed by atoms with Gasteiger partial charge in [0, 0.05) is 0 Å². The van der Waals surface area contributed by atoms with Gasteiger partial charge in [-0.1, -0.05) is 135 Å². The van der Waals surface area contributed by atoms with Crippen LogP contribution < -0.4 is 15.2 Å². The van der Waals surface area contributed by atoms with Gasteiger partial charge in [-0.05, 0) is 43.5 Å². The quantitative estimate of drug-likeness (QED) is 0.132. The Bertz CT molecular complexity index is 575. The van der Waals surface area contributed by atoms with Gasteiger partial charge in [0.25, 0.3) is 0 Å². The molecule has 1 aromatic rings. The molecule has 0 atom stereocenters. The van der Waals surface area contributed by atoms with Crippen LogP contribution in [-0.2, 0) is 6.42 Å². The summed E-state index contributed by atoms with van der Waals surface area (Å²) in [4.78, 5) is 0. The summed E-state index contributed by atoms with van der Waals surface area (Å²) in [6.07, 6.45) is 27.8. The van der Waals surface area contributed by atoms with E-state index in [1.54, 1.807) is 0 Å². The lowest BCUT2D eigenvalue weighted by Crippen LogP contribution is -2.06. The summed E-state index contributed by atoms with van der Waals surface area (Å²) in [7, 11) is 0. The fraction of sp³-hybridized carbons (Fsp3) is 0.812. The highest BCUT2D eigenvalue weighted by molar-refractivity contribution is 5.43. The molecule has 0 aliphatic heterocycles. The average molecular weight is 490 g/mol. The van der Waals surface area contributed by atoms with Crippen molar-refractivity contribution in [2.24, 2.45) is 5.73 Å². The van der Waals surface area contributed by atoms with Crippen molar-refractivity contribution in [1.29, 1.82) is 0 Å². The van der Waals surface area contributed by atoms with E-state index in [0.717, 1.165) is 44.0 Å². The molecular weight excluding hydrogens is 430 g/mol. The first-order valence-electron chi connectivity index (χ1n) is 15.4. The highest BCUT2D eigenvalue weighted by Crippen LogP contribution is 2.29. The van der Waals surface area contributed by atoms with E-state index in [1.165, 1.54) is 121 Å². The Morgan fingerprint density at radius 1 is 0.514 bits per heavy atom. The Kier molecular flexibility index (Phi) is 22.2. The SMILES string of the molecule is CCCCCCCCCCCCOc1ccc(CCN)cc1OCCCCCCCCCCCC. The zero-order valence-electron chi connectivity index (χ0n) is 23.6. The number of unbranched alkanes of at least 4 members (excludes halogenated alkanes) is 18. The van der Waals surface area contributed by atoms with Crippen molar-refractivity contribution >= 4 is 0 Å². The van der Waals surface area contributed by atoms with Crippen LogP contribution in [0.25, 0.3) is 0 Å². The molecule has 0 aliphatic carbocycles. The molecule has 3 heteroatoms. The van der Waals surface area contributed by atoms with E-state index in [1.807, 2.05) is 0 Å². The predicted molar refractivity (Wildman–Crippen MR) is 154 cm³/mol. The van der Waals surface area contributed by atoms with Crippen molar-refractivity contribution in [1.82, 2.24) is 0 Å². The second-order valence-corrected chi connectivity index (χ2v) is 10.4. The number of ether oxygens (including phenoxy) is 2. The molecule has 1 aromatic carbocycles. The zero-order chi connectivity index (χ0) is 25.2. The molecule has 35 heavy (non-hydrogen) atoms. The van der Waals surface area contributed by atoms with Gasteiger partial charge in [-0.25, -0.2) is 0 Å². The molecule has 0 spiro atoms. The van der Waals surface area contributed by atoms with E-state index in [9.17, 15) is 0 Å². The topological polar surface area (TPSA) is 44.5 Å². The lowest BCUT2D eigenvalue weighted by molar-refractivity contribution is 0.258. The minimum absolute atomic E-state index is 0.663. The van der Waals surface area contributed by atoms with Gasteiger partial charge in [-0.2, -0.15) is 0 Å². The highest BCUT2D eigenvalue weighted by Gasteiger charge is 2.07. The lowest BCUT2D eigenvalue weighted by atomic mass is 10.1. The summed E-state index contributed by atoms with van der Waals surface area (Å²) in [6, 6.07) is 6.35. The molecule has 0 amide bonds. The van der Waals surface area contributed by atoms with Gasteiger partial charge in [0.15, 0.2) is 11.5 Å². The summed E-state index contributed by atoms with van der Waals surface area (Å²) < 4.78 is 12.3. The summed E-state index contributed by atoms with van der Waals surface area (Å²) in [5.74, 6) is 1.80. The molecule has 0 saturated carbocycles. The van der Waals surface area contributed by atoms with E-state index in [0.29, 0.717) is 6.54 Å². The minimum atomic E-state index is 0.663. The minimum Gasteiger partial charge on any atom is -0.490 e. The maximum atomic E-state index is 6.18. The predicted octanol–water partition coefficient (Wildman–Crippen LogP) is 9.79. The largest absolute Gasteiger partial charge is 0.490 e. The van der Waals surface area contributed by atoms with E-state index in [2.05, 4.69) is 32.0 Å². The van der Waals surface area contributed by atoms with Gasteiger partial charge in [-0.15, -0.1) is 0 Å². The number of rotatable bonds is 26. The number of hydrogen-bond acceptors (Lipinski definition) is 3. The average Bonchev–Trinajstić information content (AvgIpc) is 2.87. The number of benzene rings is 1. The van der Waals surface area contributed by atoms with Crippen LogP contribution in [0, 0.1) is 0 Å². The van der Waals surface area contributed by atoms with E-state index in [4.69, 9.17) is 15.2 Å². The molecule has 0 fully saturated rings. The van der Waals surface area contributed by atoms with Crippen molar-refractivity contribution < 1.29 is 9.47 Å². The monoisotopic (exact) mass is 489 g/mol. The van der Waals surface area contributed by atoms with Gasteiger partial charge in [0.2, 0.25) is 0 Å². The molecule has 0 aliphatic rings. The van der Waals surface area contributed by atoms with Crippen molar-refractivity contribution in [3.8, 4) is 11.5 Å². The molecule has 3 nitrogen and oxygen atoms in total. The smallest absolute Gasteiger partial charge is 0.161 e. The first kappa shape index (κ1) is 31.8. The Hall–Kier alpha value is -1.22. The van der Waals surface area contributed by atoms with Crippen LogP contribution in [0.3, 0.4) is 0 Å². The van der Waals surface area contributed by atoms with Gasteiger partial charge in [-0.3, -0.25) is 0 Å². The summed E-state index contributed by atoms with van der Waals surface area (Å²) >= 11 is 0. The maximum absolute atomic E-state index is 6.18. The van der Waals surface area contributed by atoms with E-state index in [-0.39, 0.29) is 0 Å². The van der Waals surface area contributed by atoms with Crippen molar-refractivity contribution in [3.05, 3.63) is 23.8 Å².